The van der Waals surface area contributed by atoms with Gasteiger partial charge in [-0.05, 0) is 25.3 Å². The molecule has 1 saturated heterocycles. The molecule has 1 atom stereocenters. The van der Waals surface area contributed by atoms with Crippen molar-refractivity contribution >= 4 is 22.6 Å². The van der Waals surface area contributed by atoms with Crippen LogP contribution in [0.2, 0.25) is 0 Å². The molecular formula is C20H20F4N2O5. The van der Waals surface area contributed by atoms with Crippen LogP contribution in [0.5, 0.6) is 5.75 Å². The van der Waals surface area contributed by atoms with Gasteiger partial charge in [0, 0.05) is 25.3 Å². The molecule has 0 spiro atoms. The number of aromatic carboxylic acids is 1. The fourth-order valence-corrected chi connectivity index (χ4v) is 4.24. The molecule has 31 heavy (non-hydrogen) atoms. The van der Waals surface area contributed by atoms with Crippen LogP contribution in [-0.2, 0) is 0 Å². The number of nitrogens with zero attached hydrogens (tertiary/aromatic N) is 2. The van der Waals surface area contributed by atoms with Crippen molar-refractivity contribution in [3.05, 3.63) is 33.9 Å². The van der Waals surface area contributed by atoms with Gasteiger partial charge < -0.3 is 24.4 Å². The molecule has 0 amide bonds. The lowest BCUT2D eigenvalue weighted by Gasteiger charge is -2.30. The topological polar surface area (TPSA) is 92.0 Å². The Morgan fingerprint density at radius 3 is 2.52 bits per heavy atom. The average molecular weight is 444 g/mol. The number of aliphatic hydroxyl groups excluding tert-OH is 1. The van der Waals surface area contributed by atoms with Crippen LogP contribution in [-0.4, -0.2) is 53.7 Å². The van der Waals surface area contributed by atoms with E-state index in [1.807, 2.05) is 0 Å². The molecule has 0 radical (unpaired) electrons. The van der Waals surface area contributed by atoms with Gasteiger partial charge in [0.1, 0.15) is 16.7 Å². The first-order valence-corrected chi connectivity index (χ1v) is 9.66. The fourth-order valence-electron chi connectivity index (χ4n) is 4.24. The predicted octanol–water partition coefficient (Wildman–Crippen LogP) is 2.93. The lowest BCUT2D eigenvalue weighted by Crippen LogP contribution is -2.43. The van der Waals surface area contributed by atoms with Crippen molar-refractivity contribution in [3.63, 3.8) is 0 Å². The van der Waals surface area contributed by atoms with Crippen LogP contribution in [0.25, 0.3) is 10.9 Å². The van der Waals surface area contributed by atoms with Crippen LogP contribution in [0, 0.1) is 11.2 Å². The summed E-state index contributed by atoms with van der Waals surface area (Å²) < 4.78 is 62.8. The maximum Gasteiger partial charge on any atom is 0.398 e. The smallest absolute Gasteiger partial charge is 0.398 e. The number of aliphatic hydroxyl groups is 1. The standard InChI is InChI=1S/C20H20F4N2O5/c1-31-17-14-11(16(28)12(18(29)30)7-26(14)10-2-3-10)6-13(21)15(17)25-5-4-19(8-25,9-27)20(22,23)24/h6-7,10,27H,2-5,8-9H2,1H3,(H,29,30)/t19-/m1/s1. The minimum Gasteiger partial charge on any atom is -0.492 e. The summed E-state index contributed by atoms with van der Waals surface area (Å²) in [5.74, 6) is -2.59. The SMILES string of the molecule is COc1c(N2CC[C@@](CO)(C(F)(F)F)C2)c(F)cc2c(=O)c(C(=O)O)cn(C3CC3)c12. The minimum absolute atomic E-state index is 0.126. The molecule has 2 aliphatic rings. The second kappa shape index (κ2) is 7.11. The Bertz CT molecular complexity index is 1130. The quantitative estimate of drug-likeness (QED) is 0.690. The first-order valence-electron chi connectivity index (χ1n) is 9.66. The van der Waals surface area contributed by atoms with Crippen molar-refractivity contribution < 1.29 is 37.3 Å². The van der Waals surface area contributed by atoms with Crippen LogP contribution in [0.4, 0.5) is 23.2 Å². The van der Waals surface area contributed by atoms with Gasteiger partial charge in [0.25, 0.3) is 0 Å². The molecule has 1 aromatic carbocycles. The van der Waals surface area contributed by atoms with Crippen LogP contribution in [0.15, 0.2) is 17.1 Å². The van der Waals surface area contributed by atoms with E-state index in [2.05, 4.69) is 0 Å². The van der Waals surface area contributed by atoms with E-state index in [4.69, 9.17) is 4.74 Å². The minimum atomic E-state index is -4.69. The van der Waals surface area contributed by atoms with Crippen LogP contribution >= 0.6 is 0 Å². The molecule has 1 aliphatic heterocycles. The Balaban J connectivity index is 1.95. The lowest BCUT2D eigenvalue weighted by atomic mass is 9.87. The van der Waals surface area contributed by atoms with E-state index in [-0.39, 0.29) is 34.9 Å². The Hall–Kier alpha value is -2.82. The largest absolute Gasteiger partial charge is 0.492 e. The zero-order chi connectivity index (χ0) is 22.7. The summed E-state index contributed by atoms with van der Waals surface area (Å²) in [6.07, 6.45) is -2.53. The Labute approximate surface area is 173 Å². The third-order valence-electron chi connectivity index (χ3n) is 6.15. The Morgan fingerprint density at radius 2 is 2.03 bits per heavy atom. The van der Waals surface area contributed by atoms with Crippen LogP contribution in [0.3, 0.4) is 0 Å². The number of hydrogen-bond acceptors (Lipinski definition) is 5. The van der Waals surface area contributed by atoms with Crippen molar-refractivity contribution in [2.24, 2.45) is 5.41 Å². The Kier molecular flexibility index (Phi) is 4.91. The normalized spacial score (nSPS) is 21.7. The lowest BCUT2D eigenvalue weighted by molar-refractivity contribution is -0.227. The van der Waals surface area contributed by atoms with Crippen LogP contribution in [0.1, 0.15) is 35.7 Å². The monoisotopic (exact) mass is 444 g/mol. The van der Waals surface area contributed by atoms with Crippen molar-refractivity contribution in [3.8, 4) is 5.75 Å². The molecular weight excluding hydrogens is 424 g/mol. The molecule has 1 saturated carbocycles. The molecule has 2 N–H and O–H groups in total. The van der Waals surface area contributed by atoms with E-state index in [0.29, 0.717) is 12.8 Å². The third kappa shape index (κ3) is 3.22. The number of ether oxygens (including phenoxy) is 1. The number of carboxylic acids is 1. The number of hydrogen-bond donors (Lipinski definition) is 2. The molecule has 168 valence electrons. The number of benzene rings is 1. The van der Waals surface area contributed by atoms with E-state index < -0.39 is 53.9 Å². The number of methoxy groups -OCH3 is 1. The maximum atomic E-state index is 15.2. The number of pyridine rings is 1. The highest BCUT2D eigenvalue weighted by Crippen LogP contribution is 2.49. The first kappa shape index (κ1) is 21.4. The number of fused-ring (bicyclic) bond motifs is 1. The summed E-state index contributed by atoms with van der Waals surface area (Å²) in [6, 6.07) is 0.728. The molecule has 0 bridgehead atoms. The van der Waals surface area contributed by atoms with E-state index >= 15 is 4.39 Å². The van der Waals surface area contributed by atoms with Gasteiger partial charge in [0.2, 0.25) is 5.43 Å². The van der Waals surface area contributed by atoms with Crippen LogP contribution < -0.4 is 15.1 Å². The molecule has 4 rings (SSSR count). The average Bonchev–Trinajstić information content (AvgIpc) is 3.44. The van der Waals surface area contributed by atoms with Gasteiger partial charge in [-0.1, -0.05) is 0 Å². The maximum absolute atomic E-state index is 15.2. The van der Waals surface area contributed by atoms with E-state index in [9.17, 15) is 33.0 Å². The summed E-state index contributed by atoms with van der Waals surface area (Å²) in [4.78, 5) is 25.3. The van der Waals surface area contributed by atoms with E-state index in [1.165, 1.54) is 17.9 Å². The van der Waals surface area contributed by atoms with Crippen molar-refractivity contribution in [1.82, 2.24) is 4.57 Å². The number of aromatic nitrogens is 1. The molecule has 1 aliphatic carbocycles. The number of carbonyl (C=O) groups is 1. The molecule has 0 unspecified atom stereocenters. The van der Waals surface area contributed by atoms with Gasteiger partial charge in [-0.15, -0.1) is 0 Å². The Morgan fingerprint density at radius 1 is 1.35 bits per heavy atom. The molecule has 2 heterocycles. The molecule has 2 fully saturated rings. The summed E-state index contributed by atoms with van der Waals surface area (Å²) in [5.41, 5.74) is -3.92. The zero-order valence-electron chi connectivity index (χ0n) is 16.5. The second-order valence-electron chi connectivity index (χ2n) is 8.06. The zero-order valence-corrected chi connectivity index (χ0v) is 16.5. The summed E-state index contributed by atoms with van der Waals surface area (Å²) in [5, 5.41) is 18.6. The van der Waals surface area contributed by atoms with Gasteiger partial charge in [0.15, 0.2) is 11.6 Å². The molecule has 2 aromatic rings. The van der Waals surface area contributed by atoms with Crippen molar-refractivity contribution in [2.75, 3.05) is 31.7 Å². The summed E-state index contributed by atoms with van der Waals surface area (Å²) in [7, 11) is 1.21. The number of halogens is 4. The molecule has 7 nitrogen and oxygen atoms in total. The van der Waals surface area contributed by atoms with Gasteiger partial charge in [-0.25, -0.2) is 9.18 Å². The predicted molar refractivity (Wildman–Crippen MR) is 102 cm³/mol. The van der Waals surface area contributed by atoms with Gasteiger partial charge in [-0.2, -0.15) is 13.2 Å². The fraction of sp³-hybridized carbons (Fsp3) is 0.500. The summed E-state index contributed by atoms with van der Waals surface area (Å²) in [6.45, 7) is -1.99. The molecule has 1 aromatic heterocycles. The van der Waals surface area contributed by atoms with E-state index in [0.717, 1.165) is 11.0 Å². The highest BCUT2D eigenvalue weighted by Gasteiger charge is 2.58. The highest BCUT2D eigenvalue weighted by atomic mass is 19.4. The van der Waals surface area contributed by atoms with Gasteiger partial charge in [-0.3, -0.25) is 4.79 Å². The van der Waals surface area contributed by atoms with Gasteiger partial charge in [0.05, 0.1) is 24.6 Å². The van der Waals surface area contributed by atoms with Crippen molar-refractivity contribution in [2.45, 2.75) is 31.5 Å². The van der Waals surface area contributed by atoms with Gasteiger partial charge >= 0.3 is 12.1 Å². The summed E-state index contributed by atoms with van der Waals surface area (Å²) >= 11 is 0. The highest BCUT2D eigenvalue weighted by molar-refractivity contribution is 5.97. The number of rotatable bonds is 5. The second-order valence-corrected chi connectivity index (χ2v) is 8.06. The van der Waals surface area contributed by atoms with Crippen molar-refractivity contribution in [1.29, 1.82) is 0 Å². The van der Waals surface area contributed by atoms with E-state index in [1.54, 1.807) is 0 Å². The number of alkyl halides is 3. The third-order valence-corrected chi connectivity index (χ3v) is 6.15. The number of carboxylic acid groups (broad SMARTS) is 1. The molecule has 11 heteroatoms. The first-order chi connectivity index (χ1) is 14.5. The number of anilines is 1.